The molecule has 0 aromatic rings. The predicted octanol–water partition coefficient (Wildman–Crippen LogP) is 1.76. The number of esters is 1. The van der Waals surface area contributed by atoms with E-state index in [1.54, 1.807) is 7.05 Å². The second-order valence-electron chi connectivity index (χ2n) is 7.16. The number of likely N-dealkylation sites (N-methyl/N-ethyl adjacent to an activating group) is 2. The van der Waals surface area contributed by atoms with Crippen LogP contribution in [-0.4, -0.2) is 55.3 Å². The number of amides is 1. The molecule has 1 rings (SSSR count). The molecule has 3 unspecified atom stereocenters. The van der Waals surface area contributed by atoms with E-state index in [4.69, 9.17) is 5.73 Å². The van der Waals surface area contributed by atoms with Gasteiger partial charge in [-0.2, -0.15) is 0 Å². The van der Waals surface area contributed by atoms with Gasteiger partial charge in [-0.05, 0) is 30.3 Å². The van der Waals surface area contributed by atoms with Crippen LogP contribution in [0, 0.1) is 5.41 Å². The molecule has 0 aliphatic carbocycles. The van der Waals surface area contributed by atoms with Crippen LogP contribution in [0.2, 0.25) is 0 Å². The fourth-order valence-electron chi connectivity index (χ4n) is 2.19. The molecular formula is C17H34FN3O4. The van der Waals surface area contributed by atoms with Gasteiger partial charge in [0.1, 0.15) is 0 Å². The molecule has 1 aliphatic rings. The number of nitrogens with one attached hydrogen (secondary N) is 1. The standard InChI is InChI=1S/C12H26N2O.C5H8FNO3/c1-6-8-9-14(7-2)11(15)10(13)12(3,4)5;1-7-3-2-4(8)9-5(3)10-6/h10H,6-9,13H2,1-5H3;3,5,7H,2H2,1H3. The number of hydrogen-bond acceptors (Lipinski definition) is 6. The molecule has 0 radical (unpaired) electrons. The highest BCUT2D eigenvalue weighted by atomic mass is 19.3. The highest BCUT2D eigenvalue weighted by molar-refractivity contribution is 5.82. The van der Waals surface area contributed by atoms with Crippen molar-refractivity contribution in [3.05, 3.63) is 0 Å². The first kappa shape index (κ1) is 23.8. The first-order valence-corrected chi connectivity index (χ1v) is 8.80. The Labute approximate surface area is 150 Å². The Hall–Kier alpha value is -1.25. The minimum atomic E-state index is -1.07. The number of unbranched alkanes of at least 4 members (excludes halogenated alkanes) is 1. The maximum Gasteiger partial charge on any atom is 0.310 e. The molecule has 0 bridgehead atoms. The molecule has 1 fully saturated rings. The van der Waals surface area contributed by atoms with Crippen molar-refractivity contribution < 1.29 is 23.8 Å². The Morgan fingerprint density at radius 3 is 2.44 bits per heavy atom. The van der Waals surface area contributed by atoms with Crippen LogP contribution in [0.15, 0.2) is 0 Å². The van der Waals surface area contributed by atoms with Crippen molar-refractivity contribution in [2.75, 3.05) is 20.1 Å². The molecular weight excluding hydrogens is 329 g/mol. The van der Waals surface area contributed by atoms with Crippen LogP contribution < -0.4 is 11.1 Å². The van der Waals surface area contributed by atoms with Gasteiger partial charge in [-0.15, -0.1) is 4.94 Å². The van der Waals surface area contributed by atoms with E-state index in [-0.39, 0.29) is 23.8 Å². The molecule has 25 heavy (non-hydrogen) atoms. The summed E-state index contributed by atoms with van der Waals surface area (Å²) in [5.41, 5.74) is 5.80. The molecule has 0 spiro atoms. The largest absolute Gasteiger partial charge is 0.431 e. The van der Waals surface area contributed by atoms with E-state index >= 15 is 0 Å². The van der Waals surface area contributed by atoms with Crippen LogP contribution in [-0.2, 0) is 19.3 Å². The lowest BCUT2D eigenvalue weighted by atomic mass is 9.86. The number of hydrogen-bond donors (Lipinski definition) is 2. The second-order valence-corrected chi connectivity index (χ2v) is 7.16. The average molecular weight is 363 g/mol. The zero-order chi connectivity index (χ0) is 19.6. The Kier molecular flexibility index (Phi) is 10.8. The van der Waals surface area contributed by atoms with Crippen molar-refractivity contribution >= 4 is 11.9 Å². The van der Waals surface area contributed by atoms with E-state index in [0.29, 0.717) is 0 Å². The normalized spacial score (nSPS) is 21.2. The Morgan fingerprint density at radius 2 is 2.08 bits per heavy atom. The number of rotatable bonds is 7. The zero-order valence-corrected chi connectivity index (χ0v) is 16.3. The number of nitrogens with zero attached hydrogens (tertiary/aromatic N) is 1. The van der Waals surface area contributed by atoms with Gasteiger partial charge in [-0.1, -0.05) is 34.1 Å². The van der Waals surface area contributed by atoms with Gasteiger partial charge < -0.3 is 20.7 Å². The van der Waals surface area contributed by atoms with E-state index in [2.05, 4.69) is 21.9 Å². The van der Waals surface area contributed by atoms with Crippen LogP contribution in [0.3, 0.4) is 0 Å². The molecule has 1 heterocycles. The third-order valence-electron chi connectivity index (χ3n) is 4.10. The number of nitrogens with two attached hydrogens (primary N) is 1. The molecule has 0 aromatic heterocycles. The number of carbonyl (C=O) groups excluding carboxylic acids is 2. The molecule has 1 aliphatic heterocycles. The highest BCUT2D eigenvalue weighted by Gasteiger charge is 2.35. The van der Waals surface area contributed by atoms with Gasteiger partial charge in [0.25, 0.3) is 6.29 Å². The maximum atomic E-state index is 12.0. The molecule has 0 aromatic carbocycles. The molecule has 1 amide bonds. The van der Waals surface area contributed by atoms with Crippen LogP contribution in [0.1, 0.15) is 53.9 Å². The Bertz CT molecular complexity index is 401. The monoisotopic (exact) mass is 363 g/mol. The second kappa shape index (κ2) is 11.4. The van der Waals surface area contributed by atoms with Gasteiger partial charge in [0, 0.05) is 13.1 Å². The predicted molar refractivity (Wildman–Crippen MR) is 94.1 cm³/mol. The molecule has 8 heteroatoms. The minimum absolute atomic E-state index is 0.0819. The van der Waals surface area contributed by atoms with Crippen LogP contribution in [0.5, 0.6) is 0 Å². The van der Waals surface area contributed by atoms with E-state index in [1.807, 2.05) is 32.6 Å². The lowest BCUT2D eigenvalue weighted by molar-refractivity contribution is -0.259. The van der Waals surface area contributed by atoms with E-state index < -0.39 is 18.3 Å². The van der Waals surface area contributed by atoms with E-state index in [0.717, 1.165) is 25.9 Å². The minimum Gasteiger partial charge on any atom is -0.431 e. The van der Waals surface area contributed by atoms with Crippen LogP contribution in [0.4, 0.5) is 4.53 Å². The number of ether oxygens (including phenoxy) is 1. The fraction of sp³-hybridized carbons (Fsp3) is 0.882. The van der Waals surface area contributed by atoms with Gasteiger partial charge >= 0.3 is 5.97 Å². The summed E-state index contributed by atoms with van der Waals surface area (Å²) in [4.78, 5) is 27.7. The molecule has 1 saturated heterocycles. The Balaban J connectivity index is 0.000000496. The van der Waals surface area contributed by atoms with Gasteiger partial charge in [0.15, 0.2) is 0 Å². The van der Waals surface area contributed by atoms with Crippen molar-refractivity contribution in [1.29, 1.82) is 0 Å². The lowest BCUT2D eigenvalue weighted by Crippen LogP contribution is -2.50. The summed E-state index contributed by atoms with van der Waals surface area (Å²) in [7, 11) is 1.61. The average Bonchev–Trinajstić information content (AvgIpc) is 2.94. The molecule has 3 atom stereocenters. The summed E-state index contributed by atoms with van der Waals surface area (Å²) in [5.74, 6) is -0.361. The van der Waals surface area contributed by atoms with Crippen molar-refractivity contribution in [1.82, 2.24) is 10.2 Å². The maximum absolute atomic E-state index is 12.0. The van der Waals surface area contributed by atoms with Crippen molar-refractivity contribution in [2.24, 2.45) is 11.1 Å². The van der Waals surface area contributed by atoms with Crippen LogP contribution >= 0.6 is 0 Å². The summed E-state index contributed by atoms with van der Waals surface area (Å²) >= 11 is 0. The van der Waals surface area contributed by atoms with Gasteiger partial charge in [0.05, 0.1) is 18.5 Å². The fourth-order valence-corrected chi connectivity index (χ4v) is 2.19. The quantitative estimate of drug-likeness (QED) is 0.670. The highest BCUT2D eigenvalue weighted by Crippen LogP contribution is 2.19. The first-order valence-electron chi connectivity index (χ1n) is 8.80. The molecule has 3 N–H and O–H groups in total. The van der Waals surface area contributed by atoms with Crippen molar-refractivity contribution in [2.45, 2.75) is 72.3 Å². The number of halogens is 1. The summed E-state index contributed by atoms with van der Waals surface area (Å²) < 4.78 is 15.9. The molecule has 148 valence electrons. The van der Waals surface area contributed by atoms with Gasteiger partial charge in [0.2, 0.25) is 5.91 Å². The van der Waals surface area contributed by atoms with Crippen molar-refractivity contribution in [3.63, 3.8) is 0 Å². The van der Waals surface area contributed by atoms with E-state index in [9.17, 15) is 14.1 Å². The molecule has 7 nitrogen and oxygen atoms in total. The summed E-state index contributed by atoms with van der Waals surface area (Å²) in [6.07, 6.45) is 1.24. The first-order chi connectivity index (χ1) is 11.6. The number of carbonyl (C=O) groups is 2. The summed E-state index contributed by atoms with van der Waals surface area (Å²) in [6.45, 7) is 11.7. The third kappa shape index (κ3) is 8.11. The summed E-state index contributed by atoms with van der Waals surface area (Å²) in [6, 6.07) is -0.758. The van der Waals surface area contributed by atoms with Gasteiger partial charge in [-0.3, -0.25) is 9.59 Å². The summed E-state index contributed by atoms with van der Waals surface area (Å²) in [5, 5.41) is 2.68. The third-order valence-corrected chi connectivity index (χ3v) is 4.10. The van der Waals surface area contributed by atoms with Crippen molar-refractivity contribution in [3.8, 4) is 0 Å². The topological polar surface area (TPSA) is 93.9 Å². The molecule has 0 saturated carbocycles. The zero-order valence-electron chi connectivity index (χ0n) is 16.3. The van der Waals surface area contributed by atoms with Gasteiger partial charge in [-0.25, -0.2) is 0 Å². The van der Waals surface area contributed by atoms with E-state index in [1.165, 1.54) is 0 Å². The Morgan fingerprint density at radius 1 is 1.48 bits per heavy atom. The SMILES string of the molecule is CCCCN(CC)C(=O)C(N)C(C)(C)C.CNC1CC(=O)OC1OF. The number of cyclic esters (lactones) is 1. The lowest BCUT2D eigenvalue weighted by Gasteiger charge is -2.31. The van der Waals surface area contributed by atoms with Crippen LogP contribution in [0.25, 0.3) is 0 Å². The smallest absolute Gasteiger partial charge is 0.310 e.